The monoisotopic (exact) mass is 566 g/mol. The van der Waals surface area contributed by atoms with Crippen LogP contribution in [0.3, 0.4) is 0 Å². The molecular formula is C30H26F4N4O3. The van der Waals surface area contributed by atoms with E-state index in [1.807, 2.05) is 12.1 Å². The Kier molecular flexibility index (Phi) is 5.99. The number of amides is 3. The minimum absolute atomic E-state index is 0.143. The van der Waals surface area contributed by atoms with Crippen LogP contribution >= 0.6 is 0 Å². The van der Waals surface area contributed by atoms with Gasteiger partial charge in [0.15, 0.2) is 0 Å². The zero-order valence-corrected chi connectivity index (χ0v) is 22.2. The third kappa shape index (κ3) is 4.25. The highest BCUT2D eigenvalue weighted by atomic mass is 19.3. The molecule has 1 saturated heterocycles. The summed E-state index contributed by atoms with van der Waals surface area (Å²) < 4.78 is 58.0. The van der Waals surface area contributed by atoms with Crippen LogP contribution in [-0.4, -0.2) is 40.1 Å². The standard InChI is InChI=1S/C30H26F4N4O3/c1-28(2)27(41)38(23(14-30(28,33)34)17-8-19(31)11-20(32)9-17)15-24(39)36-21-6-5-16-12-29(13-18(16)10-21)22-4-3-7-35-25(22)37-26(29)40/h3-11,23H,12-15H2,1-2H3,(H,36,39)(H,35,37,40). The van der Waals surface area contributed by atoms with Crippen molar-refractivity contribution in [2.75, 3.05) is 17.2 Å². The van der Waals surface area contributed by atoms with Crippen molar-refractivity contribution in [1.82, 2.24) is 9.88 Å². The molecule has 3 aromatic rings. The summed E-state index contributed by atoms with van der Waals surface area (Å²) in [4.78, 5) is 44.6. The van der Waals surface area contributed by atoms with Gasteiger partial charge in [-0.15, -0.1) is 0 Å². The maximum Gasteiger partial charge on any atom is 0.264 e. The van der Waals surface area contributed by atoms with E-state index >= 15 is 8.78 Å². The number of nitrogens with zero attached hydrogens (tertiary/aromatic N) is 2. The van der Waals surface area contributed by atoms with Gasteiger partial charge in [-0.2, -0.15) is 0 Å². The number of carbonyl (C=O) groups is 3. The molecule has 2 aromatic carbocycles. The molecule has 0 saturated carbocycles. The fourth-order valence-corrected chi connectivity index (χ4v) is 6.21. The number of rotatable bonds is 4. The van der Waals surface area contributed by atoms with Gasteiger partial charge in [-0.05, 0) is 73.7 Å². The molecule has 7 nitrogen and oxygen atoms in total. The van der Waals surface area contributed by atoms with Crippen molar-refractivity contribution < 1.29 is 31.9 Å². The Bertz CT molecular complexity index is 1600. The summed E-state index contributed by atoms with van der Waals surface area (Å²) in [6.45, 7) is 1.57. The zero-order chi connectivity index (χ0) is 29.3. The third-order valence-electron chi connectivity index (χ3n) is 8.58. The lowest BCUT2D eigenvalue weighted by Gasteiger charge is -2.47. The number of alkyl halides is 2. The van der Waals surface area contributed by atoms with E-state index < -0.39 is 59.2 Å². The molecule has 2 unspecified atom stereocenters. The van der Waals surface area contributed by atoms with Gasteiger partial charge in [0, 0.05) is 29.9 Å². The predicted molar refractivity (Wildman–Crippen MR) is 141 cm³/mol. The highest BCUT2D eigenvalue weighted by Crippen LogP contribution is 2.51. The number of aromatic nitrogens is 1. The largest absolute Gasteiger partial charge is 0.325 e. The molecule has 3 amide bonds. The van der Waals surface area contributed by atoms with Gasteiger partial charge in [0.25, 0.3) is 5.92 Å². The second-order valence-electron chi connectivity index (χ2n) is 11.5. The number of piperidine rings is 1. The SMILES string of the molecule is CC1(C)C(=O)N(CC(=O)Nc2ccc3c(c2)CC2(C3)C(=O)Nc3ncccc32)C(c2cc(F)cc(F)c2)CC1(F)F. The van der Waals surface area contributed by atoms with E-state index in [2.05, 4.69) is 15.6 Å². The van der Waals surface area contributed by atoms with Gasteiger partial charge in [-0.1, -0.05) is 12.1 Å². The van der Waals surface area contributed by atoms with Gasteiger partial charge in [0.2, 0.25) is 17.7 Å². The number of pyridine rings is 1. The van der Waals surface area contributed by atoms with Crippen LogP contribution in [0.2, 0.25) is 0 Å². The molecule has 2 aliphatic heterocycles. The van der Waals surface area contributed by atoms with Crippen molar-refractivity contribution in [3.05, 3.63) is 88.6 Å². The van der Waals surface area contributed by atoms with Crippen molar-refractivity contribution in [2.45, 2.75) is 50.5 Å². The number of benzene rings is 2. The lowest BCUT2D eigenvalue weighted by Crippen LogP contribution is -2.59. The fourth-order valence-electron chi connectivity index (χ4n) is 6.21. The van der Waals surface area contributed by atoms with Crippen molar-refractivity contribution in [2.24, 2.45) is 5.41 Å². The van der Waals surface area contributed by atoms with E-state index in [0.29, 0.717) is 30.4 Å². The molecule has 11 heteroatoms. The van der Waals surface area contributed by atoms with Crippen LogP contribution in [0.15, 0.2) is 54.7 Å². The Morgan fingerprint density at radius 1 is 1.05 bits per heavy atom. The molecule has 2 N–H and O–H groups in total. The predicted octanol–water partition coefficient (Wildman–Crippen LogP) is 4.92. The highest BCUT2D eigenvalue weighted by Gasteiger charge is 2.60. The van der Waals surface area contributed by atoms with Crippen LogP contribution in [0.25, 0.3) is 0 Å². The normalized spacial score (nSPS) is 23.8. The molecule has 1 fully saturated rings. The summed E-state index contributed by atoms with van der Waals surface area (Å²) in [7, 11) is 0. The summed E-state index contributed by atoms with van der Waals surface area (Å²) in [5, 5.41) is 5.55. The Balaban J connectivity index is 1.24. The maximum absolute atomic E-state index is 15.0. The molecule has 2 atom stereocenters. The first-order chi connectivity index (χ1) is 19.3. The molecule has 0 bridgehead atoms. The fraction of sp³-hybridized carbons (Fsp3) is 0.333. The number of anilines is 2. The number of nitrogens with one attached hydrogen (secondary N) is 2. The van der Waals surface area contributed by atoms with E-state index in [9.17, 15) is 23.2 Å². The van der Waals surface area contributed by atoms with E-state index in [0.717, 1.165) is 47.6 Å². The molecule has 1 spiro atoms. The number of hydrogen-bond acceptors (Lipinski definition) is 4. The van der Waals surface area contributed by atoms with Crippen molar-refractivity contribution in [1.29, 1.82) is 0 Å². The van der Waals surface area contributed by atoms with Crippen LogP contribution in [0.4, 0.5) is 29.1 Å². The van der Waals surface area contributed by atoms with Gasteiger partial charge in [0.1, 0.15) is 29.4 Å². The van der Waals surface area contributed by atoms with Crippen LogP contribution in [0.1, 0.15) is 48.6 Å². The molecule has 41 heavy (non-hydrogen) atoms. The molecule has 212 valence electrons. The highest BCUT2D eigenvalue weighted by molar-refractivity contribution is 6.06. The minimum atomic E-state index is -3.48. The summed E-state index contributed by atoms with van der Waals surface area (Å²) in [6.07, 6.45) is 1.58. The quantitative estimate of drug-likeness (QED) is 0.439. The summed E-state index contributed by atoms with van der Waals surface area (Å²) in [6, 6.07) is 9.85. The molecular weight excluding hydrogens is 540 g/mol. The molecule has 3 aliphatic rings. The van der Waals surface area contributed by atoms with Crippen LogP contribution in [-0.2, 0) is 32.6 Å². The first-order valence-corrected chi connectivity index (χ1v) is 13.1. The van der Waals surface area contributed by atoms with E-state index in [-0.39, 0.29) is 11.5 Å². The van der Waals surface area contributed by atoms with E-state index in [1.54, 1.807) is 24.4 Å². The topological polar surface area (TPSA) is 91.4 Å². The smallest absolute Gasteiger partial charge is 0.264 e. The Morgan fingerprint density at radius 3 is 2.49 bits per heavy atom. The van der Waals surface area contributed by atoms with E-state index in [1.165, 1.54) is 0 Å². The van der Waals surface area contributed by atoms with Gasteiger partial charge in [-0.3, -0.25) is 14.4 Å². The van der Waals surface area contributed by atoms with Gasteiger partial charge in [-0.25, -0.2) is 22.5 Å². The average Bonchev–Trinajstić information content (AvgIpc) is 3.41. The number of fused-ring (bicyclic) bond motifs is 3. The second kappa shape index (κ2) is 9.12. The first-order valence-electron chi connectivity index (χ1n) is 13.1. The van der Waals surface area contributed by atoms with Gasteiger partial charge < -0.3 is 15.5 Å². The van der Waals surface area contributed by atoms with Gasteiger partial charge >= 0.3 is 0 Å². The Hall–Kier alpha value is -4.28. The van der Waals surface area contributed by atoms with Crippen molar-refractivity contribution in [3.8, 4) is 0 Å². The lowest BCUT2D eigenvalue weighted by atomic mass is 9.75. The Morgan fingerprint density at radius 2 is 1.76 bits per heavy atom. The summed E-state index contributed by atoms with van der Waals surface area (Å²) in [5.41, 5.74) is -0.0708. The molecule has 3 heterocycles. The Labute approximate surface area is 232 Å². The molecule has 6 rings (SSSR count). The van der Waals surface area contributed by atoms with Crippen LogP contribution in [0, 0.1) is 17.0 Å². The van der Waals surface area contributed by atoms with Crippen LogP contribution in [0.5, 0.6) is 0 Å². The molecule has 0 radical (unpaired) electrons. The third-order valence-corrected chi connectivity index (χ3v) is 8.58. The zero-order valence-electron chi connectivity index (χ0n) is 22.2. The number of hydrogen-bond donors (Lipinski definition) is 2. The maximum atomic E-state index is 15.0. The average molecular weight is 567 g/mol. The number of halogens is 4. The summed E-state index contributed by atoms with van der Waals surface area (Å²) >= 11 is 0. The second-order valence-corrected chi connectivity index (χ2v) is 11.5. The number of carbonyl (C=O) groups excluding carboxylic acids is 3. The van der Waals surface area contributed by atoms with Crippen molar-refractivity contribution >= 4 is 29.2 Å². The van der Waals surface area contributed by atoms with Crippen LogP contribution < -0.4 is 10.6 Å². The summed E-state index contributed by atoms with van der Waals surface area (Å²) in [5.74, 6) is -6.72. The number of likely N-dealkylation sites (tertiary alicyclic amines) is 1. The molecule has 1 aromatic heterocycles. The van der Waals surface area contributed by atoms with E-state index in [4.69, 9.17) is 0 Å². The lowest BCUT2D eigenvalue weighted by molar-refractivity contribution is -0.191. The first kappa shape index (κ1) is 26.9. The van der Waals surface area contributed by atoms with Gasteiger partial charge in [0.05, 0.1) is 11.5 Å². The van der Waals surface area contributed by atoms with Crippen molar-refractivity contribution in [3.63, 3.8) is 0 Å². The molecule has 1 aliphatic carbocycles. The minimum Gasteiger partial charge on any atom is -0.325 e.